The quantitative estimate of drug-likeness (QED) is 0.802. The van der Waals surface area contributed by atoms with E-state index in [1.807, 2.05) is 0 Å². The normalized spacial score (nSPS) is 33.6. The van der Waals surface area contributed by atoms with Gasteiger partial charge in [0.1, 0.15) is 6.04 Å². The first-order chi connectivity index (χ1) is 7.97. The Hall–Kier alpha value is -1.06. The van der Waals surface area contributed by atoms with Gasteiger partial charge < -0.3 is 10.2 Å². The number of nitrogens with one attached hydrogen (secondary N) is 1. The molecule has 0 aromatic carbocycles. The molecule has 1 heterocycles. The molecule has 1 atom stereocenters. The fraction of sp³-hybridized carbons (Fsp3) is 0.846. The molecule has 2 rings (SSSR count). The van der Waals surface area contributed by atoms with Crippen LogP contribution < -0.4 is 5.32 Å². The van der Waals surface area contributed by atoms with Crippen LogP contribution in [0.5, 0.6) is 0 Å². The van der Waals surface area contributed by atoms with E-state index in [4.69, 9.17) is 0 Å². The Labute approximate surface area is 103 Å². The van der Waals surface area contributed by atoms with Crippen molar-refractivity contribution in [2.75, 3.05) is 6.54 Å². The molecule has 0 bridgehead atoms. The number of nitrogens with zero attached hydrogens (tertiary/aromatic N) is 1. The fourth-order valence-corrected chi connectivity index (χ4v) is 2.79. The molecule has 1 saturated heterocycles. The van der Waals surface area contributed by atoms with Crippen molar-refractivity contribution in [3.63, 3.8) is 0 Å². The summed E-state index contributed by atoms with van der Waals surface area (Å²) in [6.45, 7) is 6.59. The van der Waals surface area contributed by atoms with E-state index in [1.165, 1.54) is 0 Å². The van der Waals surface area contributed by atoms with Crippen LogP contribution in [0.15, 0.2) is 0 Å². The fourth-order valence-electron chi connectivity index (χ4n) is 2.79. The van der Waals surface area contributed by atoms with Gasteiger partial charge in [-0.2, -0.15) is 0 Å². The summed E-state index contributed by atoms with van der Waals surface area (Å²) >= 11 is 0. The van der Waals surface area contributed by atoms with E-state index >= 15 is 0 Å². The minimum absolute atomic E-state index is 0.00481. The highest BCUT2D eigenvalue weighted by Crippen LogP contribution is 2.32. The molecule has 1 aliphatic carbocycles. The molecule has 1 N–H and O–H groups in total. The Morgan fingerprint density at radius 3 is 2.53 bits per heavy atom. The molecule has 0 radical (unpaired) electrons. The van der Waals surface area contributed by atoms with Gasteiger partial charge in [0.25, 0.3) is 0 Å². The molecule has 17 heavy (non-hydrogen) atoms. The molecule has 1 aliphatic heterocycles. The monoisotopic (exact) mass is 238 g/mol. The molecular formula is C13H22N2O2. The summed E-state index contributed by atoms with van der Waals surface area (Å²) in [6, 6.07) is 0.00497. The van der Waals surface area contributed by atoms with E-state index in [-0.39, 0.29) is 24.4 Å². The topological polar surface area (TPSA) is 49.4 Å². The number of hydrogen-bond acceptors (Lipinski definition) is 2. The third kappa shape index (κ3) is 2.61. The van der Waals surface area contributed by atoms with Gasteiger partial charge in [-0.25, -0.2) is 0 Å². The van der Waals surface area contributed by atoms with Crippen LogP contribution in [0.3, 0.4) is 0 Å². The largest absolute Gasteiger partial charge is 0.343 e. The lowest BCUT2D eigenvalue weighted by atomic mass is 9.80. The van der Waals surface area contributed by atoms with Gasteiger partial charge in [0, 0.05) is 6.04 Å². The first-order valence-corrected chi connectivity index (χ1v) is 6.57. The van der Waals surface area contributed by atoms with E-state index in [2.05, 4.69) is 26.1 Å². The van der Waals surface area contributed by atoms with Gasteiger partial charge in [-0.05, 0) is 31.1 Å². The molecule has 0 spiro atoms. The van der Waals surface area contributed by atoms with E-state index in [1.54, 1.807) is 4.90 Å². The third-order valence-electron chi connectivity index (χ3n) is 3.73. The van der Waals surface area contributed by atoms with Gasteiger partial charge >= 0.3 is 0 Å². The molecule has 4 nitrogen and oxygen atoms in total. The van der Waals surface area contributed by atoms with E-state index in [9.17, 15) is 9.59 Å². The van der Waals surface area contributed by atoms with Crippen molar-refractivity contribution >= 4 is 11.8 Å². The van der Waals surface area contributed by atoms with Gasteiger partial charge in [-0.3, -0.25) is 9.59 Å². The summed E-state index contributed by atoms with van der Waals surface area (Å²) in [5.74, 6) is 1.23. The van der Waals surface area contributed by atoms with Crippen molar-refractivity contribution in [1.29, 1.82) is 0 Å². The predicted octanol–water partition coefficient (Wildman–Crippen LogP) is 1.16. The highest BCUT2D eigenvalue weighted by Gasteiger charge is 2.40. The summed E-state index contributed by atoms with van der Waals surface area (Å²) in [6.07, 6.45) is 2.84. The SMILES string of the molecule is CC(C)CC1NC(=O)CN(C2CC(C)C2)C1=O. The molecule has 96 valence electrons. The summed E-state index contributed by atoms with van der Waals surface area (Å²) in [4.78, 5) is 25.7. The predicted molar refractivity (Wildman–Crippen MR) is 65.3 cm³/mol. The standard InChI is InChI=1S/C13H22N2O2/c1-8(2)4-11-13(17)15(7-12(16)14-11)10-5-9(3)6-10/h8-11H,4-7H2,1-3H3,(H,14,16). The van der Waals surface area contributed by atoms with Crippen molar-refractivity contribution in [2.45, 2.75) is 52.1 Å². The van der Waals surface area contributed by atoms with Crippen molar-refractivity contribution in [3.8, 4) is 0 Å². The summed E-state index contributed by atoms with van der Waals surface area (Å²) < 4.78 is 0. The Bertz CT molecular complexity index is 321. The molecule has 0 aromatic rings. The van der Waals surface area contributed by atoms with Crippen LogP contribution in [0.1, 0.15) is 40.0 Å². The first-order valence-electron chi connectivity index (χ1n) is 6.57. The highest BCUT2D eigenvalue weighted by atomic mass is 16.2. The second-order valence-corrected chi connectivity index (χ2v) is 5.95. The maximum Gasteiger partial charge on any atom is 0.245 e. The second-order valence-electron chi connectivity index (χ2n) is 5.95. The number of carbonyl (C=O) groups excluding carboxylic acids is 2. The highest BCUT2D eigenvalue weighted by molar-refractivity contribution is 5.95. The molecule has 1 unspecified atom stereocenters. The zero-order valence-electron chi connectivity index (χ0n) is 10.9. The average Bonchev–Trinajstić information content (AvgIpc) is 2.18. The van der Waals surface area contributed by atoms with Crippen molar-refractivity contribution < 1.29 is 9.59 Å². The smallest absolute Gasteiger partial charge is 0.245 e. The van der Waals surface area contributed by atoms with Crippen molar-refractivity contribution in [2.24, 2.45) is 11.8 Å². The zero-order valence-corrected chi connectivity index (χ0v) is 10.9. The van der Waals surface area contributed by atoms with Crippen LogP contribution in [0.4, 0.5) is 0 Å². The summed E-state index contributed by atoms with van der Waals surface area (Å²) in [7, 11) is 0. The lowest BCUT2D eigenvalue weighted by Gasteiger charge is -2.45. The number of rotatable bonds is 3. The molecule has 1 saturated carbocycles. The Morgan fingerprint density at radius 2 is 2.00 bits per heavy atom. The number of carbonyl (C=O) groups is 2. The van der Waals surface area contributed by atoms with Crippen molar-refractivity contribution in [3.05, 3.63) is 0 Å². The molecule has 4 heteroatoms. The lowest BCUT2D eigenvalue weighted by molar-refractivity contribution is -0.149. The molecule has 2 fully saturated rings. The lowest BCUT2D eigenvalue weighted by Crippen LogP contribution is -2.62. The van der Waals surface area contributed by atoms with Crippen LogP contribution in [0.2, 0.25) is 0 Å². The van der Waals surface area contributed by atoms with Gasteiger partial charge in [-0.15, -0.1) is 0 Å². The maximum atomic E-state index is 12.3. The number of amides is 2. The molecule has 2 aliphatic rings. The van der Waals surface area contributed by atoms with Gasteiger partial charge in [0.15, 0.2) is 0 Å². The van der Waals surface area contributed by atoms with Crippen LogP contribution in [0, 0.1) is 11.8 Å². The zero-order chi connectivity index (χ0) is 12.6. The number of piperazine rings is 1. The van der Waals surface area contributed by atoms with Crippen LogP contribution >= 0.6 is 0 Å². The average molecular weight is 238 g/mol. The first kappa shape index (κ1) is 12.4. The Morgan fingerprint density at radius 1 is 1.35 bits per heavy atom. The Balaban J connectivity index is 2.01. The van der Waals surface area contributed by atoms with Gasteiger partial charge in [0.05, 0.1) is 6.54 Å². The molecular weight excluding hydrogens is 216 g/mol. The Kier molecular flexibility index (Phi) is 3.40. The summed E-state index contributed by atoms with van der Waals surface area (Å²) in [5, 5.41) is 2.81. The van der Waals surface area contributed by atoms with E-state index in [0.717, 1.165) is 19.3 Å². The minimum atomic E-state index is -0.299. The molecule has 0 aromatic heterocycles. The van der Waals surface area contributed by atoms with Gasteiger partial charge in [-0.1, -0.05) is 20.8 Å². The van der Waals surface area contributed by atoms with Gasteiger partial charge in [0.2, 0.25) is 11.8 Å². The van der Waals surface area contributed by atoms with Crippen LogP contribution in [0.25, 0.3) is 0 Å². The summed E-state index contributed by atoms with van der Waals surface area (Å²) in [5.41, 5.74) is 0. The minimum Gasteiger partial charge on any atom is -0.343 e. The van der Waals surface area contributed by atoms with Crippen LogP contribution in [-0.4, -0.2) is 35.3 Å². The third-order valence-corrected chi connectivity index (χ3v) is 3.73. The van der Waals surface area contributed by atoms with Crippen LogP contribution in [-0.2, 0) is 9.59 Å². The molecule has 2 amide bonds. The number of hydrogen-bond donors (Lipinski definition) is 1. The van der Waals surface area contributed by atoms with Crippen molar-refractivity contribution in [1.82, 2.24) is 10.2 Å². The van der Waals surface area contributed by atoms with E-state index < -0.39 is 0 Å². The second kappa shape index (κ2) is 4.67. The maximum absolute atomic E-state index is 12.3. The van der Waals surface area contributed by atoms with E-state index in [0.29, 0.717) is 17.9 Å².